The third kappa shape index (κ3) is 2.26. The van der Waals surface area contributed by atoms with Gasteiger partial charge in [-0.15, -0.1) is 0 Å². The maximum Gasteiger partial charge on any atom is 0.151 e. The van der Waals surface area contributed by atoms with Crippen molar-refractivity contribution in [2.75, 3.05) is 18.0 Å². The van der Waals surface area contributed by atoms with Gasteiger partial charge < -0.3 is 10.6 Å². The normalized spacial score (nSPS) is 23.8. The third-order valence-electron chi connectivity index (χ3n) is 3.59. The molecule has 1 aliphatic heterocycles. The SMILES string of the molecule is C[C@H]1C[C@@H](N)CN(c2ccc(F)c3nccnc23)C1. The zero-order valence-electron chi connectivity index (χ0n) is 10.9. The van der Waals surface area contributed by atoms with Crippen molar-refractivity contribution in [3.8, 4) is 0 Å². The van der Waals surface area contributed by atoms with Crippen molar-refractivity contribution in [2.24, 2.45) is 11.7 Å². The molecule has 2 aromatic rings. The molecule has 19 heavy (non-hydrogen) atoms. The summed E-state index contributed by atoms with van der Waals surface area (Å²) in [6, 6.07) is 3.38. The minimum Gasteiger partial charge on any atom is -0.368 e. The van der Waals surface area contributed by atoms with Crippen LogP contribution in [-0.2, 0) is 0 Å². The van der Waals surface area contributed by atoms with E-state index in [4.69, 9.17) is 5.73 Å². The van der Waals surface area contributed by atoms with Gasteiger partial charge >= 0.3 is 0 Å². The highest BCUT2D eigenvalue weighted by Gasteiger charge is 2.24. The fraction of sp³-hybridized carbons (Fsp3) is 0.429. The number of hydrogen-bond donors (Lipinski definition) is 1. The van der Waals surface area contributed by atoms with Gasteiger partial charge in [0, 0.05) is 31.5 Å². The Labute approximate surface area is 111 Å². The molecule has 0 radical (unpaired) electrons. The Morgan fingerprint density at radius 2 is 1.95 bits per heavy atom. The van der Waals surface area contributed by atoms with Crippen LogP contribution in [0.25, 0.3) is 11.0 Å². The lowest BCUT2D eigenvalue weighted by molar-refractivity contribution is 0.402. The van der Waals surface area contributed by atoms with Crippen molar-refractivity contribution < 1.29 is 4.39 Å². The molecular formula is C14H17FN4. The Morgan fingerprint density at radius 1 is 1.21 bits per heavy atom. The predicted octanol–water partition coefficient (Wildman–Crippen LogP) is 1.94. The van der Waals surface area contributed by atoms with Crippen LogP contribution in [0.1, 0.15) is 13.3 Å². The highest BCUT2D eigenvalue weighted by molar-refractivity contribution is 5.88. The van der Waals surface area contributed by atoms with E-state index in [1.807, 2.05) is 0 Å². The molecule has 0 amide bonds. The van der Waals surface area contributed by atoms with Gasteiger partial charge in [-0.1, -0.05) is 6.92 Å². The fourth-order valence-electron chi connectivity index (χ4n) is 2.86. The molecule has 5 heteroatoms. The molecule has 100 valence electrons. The van der Waals surface area contributed by atoms with E-state index in [0.29, 0.717) is 17.0 Å². The van der Waals surface area contributed by atoms with Crippen LogP contribution in [-0.4, -0.2) is 29.1 Å². The van der Waals surface area contributed by atoms with E-state index in [2.05, 4.69) is 21.8 Å². The first-order valence-corrected chi connectivity index (χ1v) is 6.55. The van der Waals surface area contributed by atoms with Gasteiger partial charge in [-0.2, -0.15) is 0 Å². The first-order valence-electron chi connectivity index (χ1n) is 6.55. The van der Waals surface area contributed by atoms with Crippen molar-refractivity contribution in [1.29, 1.82) is 0 Å². The second-order valence-corrected chi connectivity index (χ2v) is 5.33. The summed E-state index contributed by atoms with van der Waals surface area (Å²) in [4.78, 5) is 10.6. The molecule has 0 aliphatic carbocycles. The van der Waals surface area contributed by atoms with Gasteiger partial charge in [-0.3, -0.25) is 4.98 Å². The monoisotopic (exact) mass is 260 g/mol. The highest BCUT2D eigenvalue weighted by Crippen LogP contribution is 2.29. The smallest absolute Gasteiger partial charge is 0.151 e. The van der Waals surface area contributed by atoms with Crippen molar-refractivity contribution in [3.05, 3.63) is 30.3 Å². The van der Waals surface area contributed by atoms with Crippen LogP contribution >= 0.6 is 0 Å². The van der Waals surface area contributed by atoms with E-state index in [0.717, 1.165) is 25.2 Å². The second kappa shape index (κ2) is 4.74. The highest BCUT2D eigenvalue weighted by atomic mass is 19.1. The summed E-state index contributed by atoms with van der Waals surface area (Å²) in [5.74, 6) is 0.196. The van der Waals surface area contributed by atoms with Crippen LogP contribution in [0.3, 0.4) is 0 Å². The molecule has 0 bridgehead atoms. The standard InChI is InChI=1S/C14H17FN4/c1-9-6-10(16)8-19(7-9)12-3-2-11(15)13-14(12)18-5-4-17-13/h2-5,9-10H,6-8,16H2,1H3/t9-,10+/m0/s1. The summed E-state index contributed by atoms with van der Waals surface area (Å²) in [7, 11) is 0. The minimum absolute atomic E-state index is 0.153. The molecular weight excluding hydrogens is 243 g/mol. The topological polar surface area (TPSA) is 55.0 Å². The van der Waals surface area contributed by atoms with Gasteiger partial charge in [0.2, 0.25) is 0 Å². The summed E-state index contributed by atoms with van der Waals surface area (Å²) < 4.78 is 13.7. The largest absolute Gasteiger partial charge is 0.368 e. The van der Waals surface area contributed by atoms with Crippen LogP contribution in [0.15, 0.2) is 24.5 Å². The molecule has 0 saturated carbocycles. The van der Waals surface area contributed by atoms with Crippen LogP contribution < -0.4 is 10.6 Å². The molecule has 1 aliphatic rings. The molecule has 2 N–H and O–H groups in total. The zero-order valence-corrected chi connectivity index (χ0v) is 10.9. The van der Waals surface area contributed by atoms with Gasteiger partial charge in [0.1, 0.15) is 11.0 Å². The number of anilines is 1. The summed E-state index contributed by atoms with van der Waals surface area (Å²) in [6.45, 7) is 3.88. The van der Waals surface area contributed by atoms with Crippen molar-refractivity contribution >= 4 is 16.7 Å². The lowest BCUT2D eigenvalue weighted by Crippen LogP contribution is -2.46. The molecule has 1 aromatic carbocycles. The van der Waals surface area contributed by atoms with E-state index in [9.17, 15) is 4.39 Å². The minimum atomic E-state index is -0.332. The van der Waals surface area contributed by atoms with Crippen molar-refractivity contribution in [3.63, 3.8) is 0 Å². The van der Waals surface area contributed by atoms with Gasteiger partial charge in [0.25, 0.3) is 0 Å². The maximum absolute atomic E-state index is 13.7. The van der Waals surface area contributed by atoms with E-state index in [-0.39, 0.29) is 11.9 Å². The Morgan fingerprint density at radius 3 is 2.68 bits per heavy atom. The summed E-state index contributed by atoms with van der Waals surface area (Å²) in [5.41, 5.74) is 7.94. The van der Waals surface area contributed by atoms with Gasteiger partial charge in [-0.05, 0) is 24.5 Å². The van der Waals surface area contributed by atoms with E-state index in [1.54, 1.807) is 12.3 Å². The Balaban J connectivity index is 2.07. The number of halogens is 1. The Kier molecular flexibility index (Phi) is 3.06. The van der Waals surface area contributed by atoms with E-state index >= 15 is 0 Å². The van der Waals surface area contributed by atoms with Crippen LogP contribution in [0, 0.1) is 11.7 Å². The molecule has 0 spiro atoms. The number of aromatic nitrogens is 2. The van der Waals surface area contributed by atoms with Gasteiger partial charge in [-0.25, -0.2) is 9.37 Å². The molecule has 1 fully saturated rings. The summed E-state index contributed by atoms with van der Waals surface area (Å²) in [6.07, 6.45) is 4.14. The number of rotatable bonds is 1. The molecule has 2 heterocycles. The Bertz CT molecular complexity index is 591. The lowest BCUT2D eigenvalue weighted by Gasteiger charge is -2.36. The fourth-order valence-corrected chi connectivity index (χ4v) is 2.86. The number of hydrogen-bond acceptors (Lipinski definition) is 4. The summed E-state index contributed by atoms with van der Waals surface area (Å²) >= 11 is 0. The van der Waals surface area contributed by atoms with Crippen molar-refractivity contribution in [1.82, 2.24) is 9.97 Å². The van der Waals surface area contributed by atoms with Crippen LogP contribution in [0.5, 0.6) is 0 Å². The van der Waals surface area contributed by atoms with Gasteiger partial charge in [0.05, 0.1) is 5.69 Å². The number of nitrogens with zero attached hydrogens (tertiary/aromatic N) is 3. The average molecular weight is 260 g/mol. The lowest BCUT2D eigenvalue weighted by atomic mass is 9.96. The number of piperidine rings is 1. The quantitative estimate of drug-likeness (QED) is 0.851. The molecule has 1 saturated heterocycles. The molecule has 4 nitrogen and oxygen atoms in total. The molecule has 3 rings (SSSR count). The predicted molar refractivity (Wildman–Crippen MR) is 73.5 cm³/mol. The molecule has 1 aromatic heterocycles. The summed E-state index contributed by atoms with van der Waals surface area (Å²) in [5, 5.41) is 0. The zero-order chi connectivity index (χ0) is 13.4. The van der Waals surface area contributed by atoms with Gasteiger partial charge in [0.15, 0.2) is 5.82 Å². The molecule has 2 atom stereocenters. The van der Waals surface area contributed by atoms with Crippen molar-refractivity contribution in [2.45, 2.75) is 19.4 Å². The first kappa shape index (κ1) is 12.3. The number of nitrogens with two attached hydrogens (primary N) is 1. The maximum atomic E-state index is 13.7. The Hall–Kier alpha value is -1.75. The van der Waals surface area contributed by atoms with Crippen LogP contribution in [0.4, 0.5) is 10.1 Å². The third-order valence-corrected chi connectivity index (χ3v) is 3.59. The number of benzene rings is 1. The second-order valence-electron chi connectivity index (χ2n) is 5.33. The average Bonchev–Trinajstić information content (AvgIpc) is 2.38. The first-order chi connectivity index (χ1) is 9.15. The van der Waals surface area contributed by atoms with E-state index < -0.39 is 0 Å². The van der Waals surface area contributed by atoms with E-state index in [1.165, 1.54) is 12.3 Å². The van der Waals surface area contributed by atoms with Crippen LogP contribution in [0.2, 0.25) is 0 Å². The number of fused-ring (bicyclic) bond motifs is 1. The molecule has 0 unspecified atom stereocenters.